The van der Waals surface area contributed by atoms with Gasteiger partial charge in [-0.25, -0.2) is 0 Å². The van der Waals surface area contributed by atoms with Gasteiger partial charge in [0, 0.05) is 49.9 Å². The van der Waals surface area contributed by atoms with Crippen molar-refractivity contribution in [3.05, 3.63) is 82.7 Å². The van der Waals surface area contributed by atoms with Gasteiger partial charge in [-0.3, -0.25) is 4.79 Å². The van der Waals surface area contributed by atoms with Gasteiger partial charge < -0.3 is 19.5 Å². The van der Waals surface area contributed by atoms with Crippen LogP contribution in [0.4, 0.5) is 11.4 Å². The van der Waals surface area contributed by atoms with Crippen LogP contribution in [0.15, 0.2) is 65.1 Å². The summed E-state index contributed by atoms with van der Waals surface area (Å²) >= 11 is 6.48. The molecule has 1 saturated heterocycles. The Labute approximate surface area is 215 Å². The average molecular weight is 502 g/mol. The number of likely N-dealkylation sites (N-methyl/N-ethyl adjacent to an activating group) is 1. The molecule has 0 spiro atoms. The minimum absolute atomic E-state index is 0.154. The second-order valence-electron chi connectivity index (χ2n) is 9.14. The molecule has 4 aromatic rings. The zero-order chi connectivity index (χ0) is 25.2. The van der Waals surface area contributed by atoms with Gasteiger partial charge in [-0.15, -0.1) is 10.2 Å². The standard InChI is InChI=1S/C28H28ClN5O2/c1-18-16-22(8-10-24(18)20-4-6-21(7-5-20)28-32-31-19(2)36-28)27(35)30-23-9-11-25(29)26(17-23)34-14-12-33(3)13-15-34/h4-11,16-17H,12-15H2,1-3H3,(H,30,35). The molecule has 0 aliphatic carbocycles. The van der Waals surface area contributed by atoms with E-state index < -0.39 is 0 Å². The van der Waals surface area contributed by atoms with E-state index in [-0.39, 0.29) is 5.91 Å². The normalized spacial score (nSPS) is 14.2. The Hall–Kier alpha value is -3.68. The summed E-state index contributed by atoms with van der Waals surface area (Å²) in [6, 6.07) is 19.3. The minimum atomic E-state index is -0.154. The highest BCUT2D eigenvalue weighted by Gasteiger charge is 2.18. The summed E-state index contributed by atoms with van der Waals surface area (Å²) in [5, 5.41) is 11.7. The maximum atomic E-state index is 13.0. The first-order valence-corrected chi connectivity index (χ1v) is 12.3. The lowest BCUT2D eigenvalue weighted by atomic mass is 9.97. The average Bonchev–Trinajstić information content (AvgIpc) is 3.32. The molecule has 36 heavy (non-hydrogen) atoms. The molecule has 0 atom stereocenters. The molecule has 0 saturated carbocycles. The third-order valence-corrected chi connectivity index (χ3v) is 6.83. The fourth-order valence-corrected chi connectivity index (χ4v) is 4.65. The van der Waals surface area contributed by atoms with Gasteiger partial charge >= 0.3 is 0 Å². The van der Waals surface area contributed by atoms with Crippen LogP contribution < -0.4 is 10.2 Å². The van der Waals surface area contributed by atoms with Gasteiger partial charge in [-0.05, 0) is 73.1 Å². The zero-order valence-corrected chi connectivity index (χ0v) is 21.3. The van der Waals surface area contributed by atoms with E-state index in [4.69, 9.17) is 16.0 Å². The smallest absolute Gasteiger partial charge is 0.255 e. The molecule has 184 valence electrons. The molecule has 1 N–H and O–H groups in total. The van der Waals surface area contributed by atoms with Crippen LogP contribution in [0.1, 0.15) is 21.8 Å². The van der Waals surface area contributed by atoms with Crippen molar-refractivity contribution in [2.24, 2.45) is 0 Å². The number of anilines is 2. The fourth-order valence-electron chi connectivity index (χ4n) is 4.42. The van der Waals surface area contributed by atoms with E-state index in [1.165, 1.54) is 0 Å². The van der Waals surface area contributed by atoms with Crippen molar-refractivity contribution in [3.8, 4) is 22.6 Å². The predicted octanol–water partition coefficient (Wildman–Crippen LogP) is 5.68. The van der Waals surface area contributed by atoms with Crippen LogP contribution in [0.25, 0.3) is 22.6 Å². The SMILES string of the molecule is Cc1nnc(-c2ccc(-c3ccc(C(=O)Nc4ccc(Cl)c(N5CCN(C)CC5)c4)cc3C)cc2)o1. The highest BCUT2D eigenvalue weighted by molar-refractivity contribution is 6.33. The van der Waals surface area contributed by atoms with Crippen LogP contribution >= 0.6 is 11.6 Å². The predicted molar refractivity (Wildman–Crippen MR) is 144 cm³/mol. The van der Waals surface area contributed by atoms with Gasteiger partial charge in [0.2, 0.25) is 11.8 Å². The molecular formula is C28H28ClN5O2. The Kier molecular flexibility index (Phi) is 6.76. The number of hydrogen-bond donors (Lipinski definition) is 1. The number of rotatable bonds is 5. The molecule has 0 unspecified atom stereocenters. The fraction of sp³-hybridized carbons (Fsp3) is 0.250. The van der Waals surface area contributed by atoms with E-state index in [0.717, 1.165) is 59.8 Å². The summed E-state index contributed by atoms with van der Waals surface area (Å²) in [7, 11) is 2.12. The van der Waals surface area contributed by atoms with Crippen molar-refractivity contribution >= 4 is 28.9 Å². The molecule has 7 nitrogen and oxygen atoms in total. The summed E-state index contributed by atoms with van der Waals surface area (Å²) in [5.74, 6) is 0.882. The first-order valence-electron chi connectivity index (χ1n) is 11.9. The lowest BCUT2D eigenvalue weighted by molar-refractivity contribution is 0.102. The number of amides is 1. The molecular weight excluding hydrogens is 474 g/mol. The van der Waals surface area contributed by atoms with Crippen molar-refractivity contribution in [3.63, 3.8) is 0 Å². The van der Waals surface area contributed by atoms with E-state index >= 15 is 0 Å². The molecule has 1 aliphatic heterocycles. The number of nitrogens with zero attached hydrogens (tertiary/aromatic N) is 4. The zero-order valence-electron chi connectivity index (χ0n) is 20.6. The minimum Gasteiger partial charge on any atom is -0.421 e. The molecule has 1 amide bonds. The number of halogens is 1. The largest absolute Gasteiger partial charge is 0.421 e. The summed E-state index contributed by atoms with van der Waals surface area (Å²) in [6.07, 6.45) is 0. The lowest BCUT2D eigenvalue weighted by Gasteiger charge is -2.34. The van der Waals surface area contributed by atoms with Crippen LogP contribution in [0.3, 0.4) is 0 Å². The van der Waals surface area contributed by atoms with E-state index in [9.17, 15) is 4.79 Å². The van der Waals surface area contributed by atoms with Gasteiger partial charge in [0.1, 0.15) is 0 Å². The molecule has 0 bridgehead atoms. The monoisotopic (exact) mass is 501 g/mol. The Balaban J connectivity index is 1.30. The number of hydrogen-bond acceptors (Lipinski definition) is 6. The lowest BCUT2D eigenvalue weighted by Crippen LogP contribution is -2.44. The van der Waals surface area contributed by atoms with Gasteiger partial charge in [0.05, 0.1) is 10.7 Å². The number of carbonyl (C=O) groups is 1. The van der Waals surface area contributed by atoms with Crippen molar-refractivity contribution < 1.29 is 9.21 Å². The number of aromatic nitrogens is 2. The first kappa shape index (κ1) is 24.0. The summed E-state index contributed by atoms with van der Waals surface area (Å²) in [5.41, 5.74) is 6.27. The van der Waals surface area contributed by atoms with E-state index in [1.807, 2.05) is 67.6 Å². The molecule has 1 aromatic heterocycles. The number of aryl methyl sites for hydroxylation is 2. The number of carbonyl (C=O) groups excluding carboxylic acids is 1. The molecule has 1 aliphatic rings. The Morgan fingerprint density at radius 1 is 0.917 bits per heavy atom. The highest BCUT2D eigenvalue weighted by atomic mass is 35.5. The van der Waals surface area contributed by atoms with Crippen molar-refractivity contribution in [1.82, 2.24) is 15.1 Å². The topological polar surface area (TPSA) is 74.5 Å². The second kappa shape index (κ2) is 10.1. The van der Waals surface area contributed by atoms with Gasteiger partial charge in [0.15, 0.2) is 0 Å². The highest BCUT2D eigenvalue weighted by Crippen LogP contribution is 2.31. The van der Waals surface area contributed by atoms with Crippen LogP contribution in [0, 0.1) is 13.8 Å². The summed E-state index contributed by atoms with van der Waals surface area (Å²) < 4.78 is 5.50. The Bertz CT molecular complexity index is 1390. The van der Waals surface area contributed by atoms with Crippen molar-refractivity contribution in [1.29, 1.82) is 0 Å². The third-order valence-electron chi connectivity index (χ3n) is 6.51. The van der Waals surface area contributed by atoms with E-state index in [1.54, 1.807) is 6.92 Å². The second-order valence-corrected chi connectivity index (χ2v) is 9.55. The number of benzene rings is 3. The first-order chi connectivity index (χ1) is 17.4. The quantitative estimate of drug-likeness (QED) is 0.379. The third kappa shape index (κ3) is 5.12. The summed E-state index contributed by atoms with van der Waals surface area (Å²) in [4.78, 5) is 17.6. The van der Waals surface area contributed by atoms with Crippen LogP contribution in [0.2, 0.25) is 5.02 Å². The van der Waals surface area contributed by atoms with Crippen molar-refractivity contribution in [2.45, 2.75) is 13.8 Å². The number of nitrogens with one attached hydrogen (secondary N) is 1. The van der Waals surface area contributed by atoms with Crippen molar-refractivity contribution in [2.75, 3.05) is 43.4 Å². The summed E-state index contributed by atoms with van der Waals surface area (Å²) in [6.45, 7) is 7.56. The Morgan fingerprint density at radius 2 is 1.64 bits per heavy atom. The Morgan fingerprint density at radius 3 is 2.31 bits per heavy atom. The van der Waals surface area contributed by atoms with Gasteiger partial charge in [-0.1, -0.05) is 29.8 Å². The van der Waals surface area contributed by atoms with Crippen LogP contribution in [0.5, 0.6) is 0 Å². The van der Waals surface area contributed by atoms with Crippen LogP contribution in [-0.2, 0) is 0 Å². The molecule has 1 fully saturated rings. The molecule has 8 heteroatoms. The molecule has 3 aromatic carbocycles. The van der Waals surface area contributed by atoms with E-state index in [0.29, 0.717) is 22.4 Å². The maximum Gasteiger partial charge on any atom is 0.255 e. The van der Waals surface area contributed by atoms with E-state index in [2.05, 4.69) is 32.4 Å². The number of piperazine rings is 1. The molecule has 2 heterocycles. The van der Waals surface area contributed by atoms with Crippen LogP contribution in [-0.4, -0.2) is 54.2 Å². The molecule has 0 radical (unpaired) electrons. The van der Waals surface area contributed by atoms with Gasteiger partial charge in [0.25, 0.3) is 5.91 Å². The molecule has 5 rings (SSSR count). The maximum absolute atomic E-state index is 13.0. The van der Waals surface area contributed by atoms with Gasteiger partial charge in [-0.2, -0.15) is 0 Å².